The monoisotopic (exact) mass is 361 g/mol. The second kappa shape index (κ2) is 5.65. The predicted molar refractivity (Wildman–Crippen MR) is 84.3 cm³/mol. The van der Waals surface area contributed by atoms with E-state index in [1.807, 2.05) is 0 Å². The zero-order valence-corrected chi connectivity index (χ0v) is 13.4. The molecule has 0 radical (unpaired) electrons. The first-order valence-electron chi connectivity index (χ1n) is 6.89. The average Bonchev–Trinajstić information content (AvgIpc) is 2.73. The maximum absolute atomic E-state index is 14.0. The van der Waals surface area contributed by atoms with Crippen molar-refractivity contribution in [2.75, 3.05) is 6.54 Å². The Morgan fingerprint density at radius 3 is 2.23 bits per heavy atom. The van der Waals surface area contributed by atoms with Crippen molar-refractivity contribution in [3.63, 3.8) is 0 Å². The van der Waals surface area contributed by atoms with Crippen molar-refractivity contribution in [1.29, 1.82) is 0 Å². The third kappa shape index (κ3) is 2.46. The van der Waals surface area contributed by atoms with E-state index < -0.39 is 0 Å². The molecule has 0 saturated carbocycles. The van der Waals surface area contributed by atoms with Crippen molar-refractivity contribution in [2.24, 2.45) is 0 Å². The van der Waals surface area contributed by atoms with Gasteiger partial charge < -0.3 is 0 Å². The molecule has 3 rings (SSSR count). The van der Waals surface area contributed by atoms with Crippen molar-refractivity contribution in [1.82, 2.24) is 4.90 Å². The topological polar surface area (TPSA) is 37.4 Å². The van der Waals surface area contributed by atoms with Gasteiger partial charge in [-0.1, -0.05) is 41.1 Å². The van der Waals surface area contributed by atoms with Gasteiger partial charge in [-0.05, 0) is 29.8 Å². The molecule has 2 aromatic rings. The minimum Gasteiger partial charge on any atom is -0.274 e. The van der Waals surface area contributed by atoms with E-state index in [2.05, 4.69) is 15.9 Å². The summed E-state index contributed by atoms with van der Waals surface area (Å²) >= 11 is 3.21. The Morgan fingerprint density at radius 1 is 1.09 bits per heavy atom. The van der Waals surface area contributed by atoms with Gasteiger partial charge in [-0.2, -0.15) is 0 Å². The van der Waals surface area contributed by atoms with Crippen LogP contribution in [0.1, 0.15) is 39.1 Å². The lowest BCUT2D eigenvalue weighted by atomic mass is 10.00. The summed E-state index contributed by atoms with van der Waals surface area (Å²) in [5.41, 5.74) is 1.31. The van der Waals surface area contributed by atoms with E-state index in [0.29, 0.717) is 21.2 Å². The average molecular weight is 362 g/mol. The van der Waals surface area contributed by atoms with Crippen LogP contribution < -0.4 is 0 Å². The number of halogens is 2. The Bertz CT molecular complexity index is 740. The van der Waals surface area contributed by atoms with Gasteiger partial charge in [0.15, 0.2) is 0 Å². The summed E-state index contributed by atoms with van der Waals surface area (Å²) in [6, 6.07) is 11.5. The number of fused-ring (bicyclic) bond motifs is 1. The molecule has 2 amide bonds. The van der Waals surface area contributed by atoms with Crippen LogP contribution in [0.4, 0.5) is 4.39 Å². The maximum atomic E-state index is 14.0. The van der Waals surface area contributed by atoms with Crippen LogP contribution in [0.3, 0.4) is 0 Å². The molecule has 3 nitrogen and oxygen atoms in total. The van der Waals surface area contributed by atoms with E-state index in [1.54, 1.807) is 43.3 Å². The molecular weight excluding hydrogens is 349 g/mol. The number of hydrogen-bond acceptors (Lipinski definition) is 2. The summed E-state index contributed by atoms with van der Waals surface area (Å²) in [7, 11) is 0. The molecule has 2 aromatic carbocycles. The molecule has 5 heteroatoms. The zero-order valence-electron chi connectivity index (χ0n) is 11.8. The second-order valence-electron chi connectivity index (χ2n) is 5.33. The van der Waals surface area contributed by atoms with Crippen LogP contribution in [0.2, 0.25) is 0 Å². The lowest BCUT2D eigenvalue weighted by Gasteiger charge is -2.20. The first kappa shape index (κ1) is 14.9. The molecule has 0 spiro atoms. The van der Waals surface area contributed by atoms with Gasteiger partial charge in [0.25, 0.3) is 11.8 Å². The van der Waals surface area contributed by atoms with E-state index in [9.17, 15) is 14.0 Å². The quantitative estimate of drug-likeness (QED) is 0.775. The molecule has 1 heterocycles. The molecule has 0 saturated heterocycles. The van der Waals surface area contributed by atoms with E-state index in [4.69, 9.17) is 0 Å². The summed E-state index contributed by atoms with van der Waals surface area (Å²) in [6.45, 7) is 1.96. The third-order valence-electron chi connectivity index (χ3n) is 3.83. The summed E-state index contributed by atoms with van der Waals surface area (Å²) in [5.74, 6) is -1.26. The number of nitrogens with zero attached hydrogens (tertiary/aromatic N) is 1. The van der Waals surface area contributed by atoms with Gasteiger partial charge in [0, 0.05) is 16.9 Å². The SMILES string of the molecule is C[C@H](CN1C(=O)c2ccccc2C1=O)c1ccc(Br)cc1F. The van der Waals surface area contributed by atoms with Gasteiger partial charge in [0.2, 0.25) is 0 Å². The summed E-state index contributed by atoms with van der Waals surface area (Å²) in [4.78, 5) is 25.8. The third-order valence-corrected chi connectivity index (χ3v) is 4.32. The maximum Gasteiger partial charge on any atom is 0.261 e. The molecule has 0 N–H and O–H groups in total. The molecule has 0 aromatic heterocycles. The highest BCUT2D eigenvalue weighted by molar-refractivity contribution is 9.10. The van der Waals surface area contributed by atoms with Crippen molar-refractivity contribution in [3.05, 3.63) is 69.4 Å². The zero-order chi connectivity index (χ0) is 15.9. The molecule has 0 fully saturated rings. The molecule has 0 aliphatic carbocycles. The molecule has 1 aliphatic rings. The van der Waals surface area contributed by atoms with Gasteiger partial charge in [-0.15, -0.1) is 0 Å². The van der Waals surface area contributed by atoms with E-state index in [1.165, 1.54) is 11.0 Å². The number of hydrogen-bond donors (Lipinski definition) is 0. The Morgan fingerprint density at radius 2 is 1.68 bits per heavy atom. The summed E-state index contributed by atoms with van der Waals surface area (Å²) in [5, 5.41) is 0. The molecule has 112 valence electrons. The van der Waals surface area contributed by atoms with Gasteiger partial charge in [-0.25, -0.2) is 4.39 Å². The second-order valence-corrected chi connectivity index (χ2v) is 6.25. The van der Waals surface area contributed by atoms with Gasteiger partial charge in [0.05, 0.1) is 11.1 Å². The predicted octanol–water partition coefficient (Wildman–Crippen LogP) is 3.99. The fraction of sp³-hybridized carbons (Fsp3) is 0.176. The Labute approximate surface area is 135 Å². The summed E-state index contributed by atoms with van der Waals surface area (Å²) in [6.07, 6.45) is 0. The van der Waals surface area contributed by atoms with Gasteiger partial charge in [-0.3, -0.25) is 14.5 Å². The smallest absolute Gasteiger partial charge is 0.261 e. The number of amides is 2. The largest absolute Gasteiger partial charge is 0.274 e. The van der Waals surface area contributed by atoms with Crippen LogP contribution in [0.15, 0.2) is 46.9 Å². The van der Waals surface area contributed by atoms with Crippen LogP contribution in [0.5, 0.6) is 0 Å². The highest BCUT2D eigenvalue weighted by atomic mass is 79.9. The minimum atomic E-state index is -0.349. The molecular formula is C17H13BrFNO2. The Balaban J connectivity index is 1.85. The van der Waals surface area contributed by atoms with Crippen molar-refractivity contribution in [2.45, 2.75) is 12.8 Å². The van der Waals surface area contributed by atoms with Crippen molar-refractivity contribution < 1.29 is 14.0 Å². The standard InChI is InChI=1S/C17H13BrFNO2/c1-10(12-7-6-11(18)8-15(12)19)9-20-16(21)13-4-2-3-5-14(13)17(20)22/h2-8,10H,9H2,1H3/t10-/m1/s1. The summed E-state index contributed by atoms with van der Waals surface area (Å²) < 4.78 is 14.7. The van der Waals surface area contributed by atoms with E-state index in [-0.39, 0.29) is 30.1 Å². The van der Waals surface area contributed by atoms with Crippen LogP contribution in [0, 0.1) is 5.82 Å². The number of benzene rings is 2. The highest BCUT2D eigenvalue weighted by Gasteiger charge is 2.36. The Kier molecular flexibility index (Phi) is 3.83. The molecule has 0 bridgehead atoms. The molecule has 0 unspecified atom stereocenters. The molecule has 22 heavy (non-hydrogen) atoms. The lowest BCUT2D eigenvalue weighted by molar-refractivity contribution is 0.0646. The lowest BCUT2D eigenvalue weighted by Crippen LogP contribution is -2.33. The van der Waals surface area contributed by atoms with Crippen LogP contribution in [-0.2, 0) is 0 Å². The van der Waals surface area contributed by atoms with Gasteiger partial charge in [0.1, 0.15) is 5.82 Å². The van der Waals surface area contributed by atoms with Crippen LogP contribution in [0.25, 0.3) is 0 Å². The first-order valence-corrected chi connectivity index (χ1v) is 7.68. The number of carbonyl (C=O) groups is 2. The normalized spacial score (nSPS) is 15.1. The molecule has 1 aliphatic heterocycles. The van der Waals surface area contributed by atoms with Crippen LogP contribution in [-0.4, -0.2) is 23.3 Å². The van der Waals surface area contributed by atoms with E-state index in [0.717, 1.165) is 0 Å². The van der Waals surface area contributed by atoms with Crippen molar-refractivity contribution >= 4 is 27.7 Å². The number of carbonyl (C=O) groups excluding carboxylic acids is 2. The van der Waals surface area contributed by atoms with Crippen LogP contribution >= 0.6 is 15.9 Å². The highest BCUT2D eigenvalue weighted by Crippen LogP contribution is 2.28. The number of rotatable bonds is 3. The Hall–Kier alpha value is -2.01. The molecule has 1 atom stereocenters. The fourth-order valence-corrected chi connectivity index (χ4v) is 3.01. The minimum absolute atomic E-state index is 0.158. The number of imide groups is 1. The van der Waals surface area contributed by atoms with Gasteiger partial charge >= 0.3 is 0 Å². The van der Waals surface area contributed by atoms with Crippen molar-refractivity contribution in [3.8, 4) is 0 Å². The first-order chi connectivity index (χ1) is 10.5. The van der Waals surface area contributed by atoms with E-state index >= 15 is 0 Å². The fourth-order valence-electron chi connectivity index (χ4n) is 2.68.